The minimum Gasteiger partial charge on any atom is -0.460 e. The van der Waals surface area contributed by atoms with E-state index in [9.17, 15) is 9.59 Å². The van der Waals surface area contributed by atoms with Crippen LogP contribution in [0.15, 0.2) is 11.8 Å². The second-order valence-electron chi connectivity index (χ2n) is 3.09. The van der Waals surface area contributed by atoms with Crippen molar-refractivity contribution in [1.29, 1.82) is 0 Å². The van der Waals surface area contributed by atoms with Crippen LogP contribution in [0.4, 0.5) is 0 Å². The lowest BCUT2D eigenvalue weighted by Gasteiger charge is -2.07. The van der Waals surface area contributed by atoms with Gasteiger partial charge in [-0.15, -0.1) is 0 Å². The summed E-state index contributed by atoms with van der Waals surface area (Å²) < 4.78 is 9.44. The third-order valence-electron chi connectivity index (χ3n) is 1.22. The van der Waals surface area contributed by atoms with Crippen LogP contribution in [-0.4, -0.2) is 18.5 Å². The lowest BCUT2D eigenvalue weighted by molar-refractivity contribution is -0.150. The van der Waals surface area contributed by atoms with Crippen LogP contribution in [0, 0.1) is 5.92 Å². The molecule has 0 heterocycles. The lowest BCUT2D eigenvalue weighted by Crippen LogP contribution is -2.13. The average Bonchev–Trinajstić information content (AvgIpc) is 2.01. The van der Waals surface area contributed by atoms with E-state index in [-0.39, 0.29) is 18.3 Å². The Kier molecular flexibility index (Phi) is 5.60. The predicted octanol–water partition coefficient (Wildman–Crippen LogP) is 1.65. The number of allylic oxidation sites excluding steroid dienone is 1. The van der Waals surface area contributed by atoms with Crippen LogP contribution in [0.2, 0.25) is 0 Å². The first-order chi connectivity index (χ1) is 6.47. The van der Waals surface area contributed by atoms with Crippen molar-refractivity contribution < 1.29 is 19.1 Å². The zero-order valence-corrected chi connectivity index (χ0v) is 8.99. The Bertz CT molecular complexity index is 241. The van der Waals surface area contributed by atoms with E-state index in [0.29, 0.717) is 0 Å². The van der Waals surface area contributed by atoms with Crippen LogP contribution in [-0.2, 0) is 19.1 Å². The van der Waals surface area contributed by atoms with E-state index in [1.54, 1.807) is 13.0 Å². The molecule has 0 aliphatic carbocycles. The number of hydrogen-bond acceptors (Lipinski definition) is 4. The Balaban J connectivity index is 4.54. The van der Waals surface area contributed by atoms with Gasteiger partial charge in [0.1, 0.15) is 0 Å². The van der Waals surface area contributed by atoms with Gasteiger partial charge in [0.15, 0.2) is 0 Å². The summed E-state index contributed by atoms with van der Waals surface area (Å²) in [5.41, 5.74) is 0. The first-order valence-corrected chi connectivity index (χ1v) is 4.54. The fourth-order valence-corrected chi connectivity index (χ4v) is 0.804. The van der Waals surface area contributed by atoms with E-state index < -0.39 is 11.9 Å². The predicted molar refractivity (Wildman–Crippen MR) is 51.3 cm³/mol. The maximum atomic E-state index is 11.2. The molecule has 0 aromatic heterocycles. The molecule has 0 saturated carbocycles. The summed E-state index contributed by atoms with van der Waals surface area (Å²) in [6.07, 6.45) is 1.55. The molecule has 4 nitrogen and oxygen atoms in total. The van der Waals surface area contributed by atoms with Gasteiger partial charge in [-0.05, 0) is 18.9 Å². The number of rotatable bonds is 4. The van der Waals surface area contributed by atoms with Crippen molar-refractivity contribution in [3.8, 4) is 0 Å². The molecule has 0 atom stereocenters. The van der Waals surface area contributed by atoms with Crippen molar-refractivity contribution >= 4 is 11.9 Å². The van der Waals surface area contributed by atoms with Crippen LogP contribution >= 0.6 is 0 Å². The molecule has 0 aromatic carbocycles. The highest BCUT2D eigenvalue weighted by Crippen LogP contribution is 2.06. The van der Waals surface area contributed by atoms with Crippen LogP contribution in [0.25, 0.3) is 0 Å². The first kappa shape index (κ1) is 12.7. The molecule has 14 heavy (non-hydrogen) atoms. The van der Waals surface area contributed by atoms with Crippen LogP contribution < -0.4 is 0 Å². The van der Waals surface area contributed by atoms with Gasteiger partial charge >= 0.3 is 11.9 Å². The highest BCUT2D eigenvalue weighted by molar-refractivity contribution is 5.89. The molecule has 0 aliphatic rings. The molecular formula is C10H16O4. The van der Waals surface area contributed by atoms with E-state index in [2.05, 4.69) is 0 Å². The number of carbonyl (C=O) groups is 2. The molecule has 0 saturated heterocycles. The van der Waals surface area contributed by atoms with Crippen LogP contribution in [0.5, 0.6) is 0 Å². The summed E-state index contributed by atoms with van der Waals surface area (Å²) in [5.74, 6) is -1.04. The van der Waals surface area contributed by atoms with Crippen molar-refractivity contribution in [2.75, 3.05) is 6.61 Å². The quantitative estimate of drug-likeness (QED) is 0.393. The molecule has 0 rings (SSSR count). The molecule has 80 valence electrons. The number of esters is 2. The van der Waals surface area contributed by atoms with Crippen molar-refractivity contribution in [2.45, 2.75) is 27.7 Å². The molecule has 0 bridgehead atoms. The average molecular weight is 200 g/mol. The molecule has 0 fully saturated rings. The van der Waals surface area contributed by atoms with Gasteiger partial charge in [0.25, 0.3) is 0 Å². The Morgan fingerprint density at radius 2 is 1.93 bits per heavy atom. The molecule has 0 N–H and O–H groups in total. The van der Waals surface area contributed by atoms with Crippen LogP contribution in [0.1, 0.15) is 27.7 Å². The van der Waals surface area contributed by atoms with E-state index in [1.807, 2.05) is 13.8 Å². The second-order valence-corrected chi connectivity index (χ2v) is 3.09. The minimum absolute atomic E-state index is 0.0330. The Hall–Kier alpha value is -1.32. The third kappa shape index (κ3) is 5.35. The topological polar surface area (TPSA) is 52.6 Å². The van der Waals surface area contributed by atoms with Crippen molar-refractivity contribution in [1.82, 2.24) is 0 Å². The number of hydrogen-bond donors (Lipinski definition) is 0. The summed E-state index contributed by atoms with van der Waals surface area (Å²) in [6.45, 7) is 6.95. The molecular weight excluding hydrogens is 184 g/mol. The molecule has 0 unspecified atom stereocenters. The monoisotopic (exact) mass is 200 g/mol. The summed E-state index contributed by atoms with van der Waals surface area (Å²) in [6, 6.07) is 0. The van der Waals surface area contributed by atoms with Gasteiger partial charge in [-0.2, -0.15) is 0 Å². The highest BCUT2D eigenvalue weighted by Gasteiger charge is 2.14. The maximum absolute atomic E-state index is 11.2. The fraction of sp³-hybridized carbons (Fsp3) is 0.600. The molecule has 0 spiro atoms. The van der Waals surface area contributed by atoms with Crippen LogP contribution in [0.3, 0.4) is 0 Å². The van der Waals surface area contributed by atoms with E-state index in [1.165, 1.54) is 6.92 Å². The van der Waals surface area contributed by atoms with Gasteiger partial charge in [0, 0.05) is 6.92 Å². The third-order valence-corrected chi connectivity index (χ3v) is 1.22. The zero-order valence-electron chi connectivity index (χ0n) is 8.99. The Morgan fingerprint density at radius 1 is 1.36 bits per heavy atom. The number of ether oxygens (including phenoxy) is 2. The van der Waals surface area contributed by atoms with Gasteiger partial charge in [-0.3, -0.25) is 4.79 Å². The highest BCUT2D eigenvalue weighted by atomic mass is 16.6. The first-order valence-electron chi connectivity index (χ1n) is 4.54. The van der Waals surface area contributed by atoms with E-state index in [0.717, 1.165) is 0 Å². The fourth-order valence-electron chi connectivity index (χ4n) is 0.804. The minimum atomic E-state index is -0.601. The van der Waals surface area contributed by atoms with Gasteiger partial charge in [-0.25, -0.2) is 4.79 Å². The smallest absolute Gasteiger partial charge is 0.374 e. The summed E-state index contributed by atoms with van der Waals surface area (Å²) in [4.78, 5) is 21.9. The zero-order chi connectivity index (χ0) is 11.1. The maximum Gasteiger partial charge on any atom is 0.374 e. The standard InChI is InChI=1S/C10H16O4/c1-5-13-10(12)9(6-7(2)3)14-8(4)11/h6-7H,5H2,1-4H3/b9-6-. The summed E-state index contributed by atoms with van der Waals surface area (Å²) >= 11 is 0. The Morgan fingerprint density at radius 3 is 2.29 bits per heavy atom. The van der Waals surface area contributed by atoms with Gasteiger partial charge in [0.2, 0.25) is 5.76 Å². The van der Waals surface area contributed by atoms with Crippen molar-refractivity contribution in [2.24, 2.45) is 5.92 Å². The summed E-state index contributed by atoms with van der Waals surface area (Å²) in [7, 11) is 0. The molecule has 4 heteroatoms. The molecule has 0 aromatic rings. The Labute approximate surface area is 83.9 Å². The number of carbonyl (C=O) groups excluding carboxylic acids is 2. The largest absolute Gasteiger partial charge is 0.460 e. The van der Waals surface area contributed by atoms with Gasteiger partial charge in [-0.1, -0.05) is 13.8 Å². The van der Waals surface area contributed by atoms with Gasteiger partial charge < -0.3 is 9.47 Å². The lowest BCUT2D eigenvalue weighted by atomic mass is 10.2. The molecule has 0 aliphatic heterocycles. The van der Waals surface area contributed by atoms with Crippen molar-refractivity contribution in [3.63, 3.8) is 0 Å². The van der Waals surface area contributed by atoms with E-state index >= 15 is 0 Å². The molecule has 0 radical (unpaired) electrons. The van der Waals surface area contributed by atoms with Gasteiger partial charge in [0.05, 0.1) is 6.61 Å². The van der Waals surface area contributed by atoms with Crippen molar-refractivity contribution in [3.05, 3.63) is 11.8 Å². The van der Waals surface area contributed by atoms with E-state index in [4.69, 9.17) is 9.47 Å². The SMILES string of the molecule is CCOC(=O)/C(=C/C(C)C)OC(C)=O. The normalized spacial score (nSPS) is 11.4. The summed E-state index contributed by atoms with van der Waals surface area (Å²) in [5, 5.41) is 0. The molecule has 0 amide bonds. The second kappa shape index (κ2) is 6.18.